The second-order valence-corrected chi connectivity index (χ2v) is 7.08. The summed E-state index contributed by atoms with van der Waals surface area (Å²) in [4.78, 5) is 26.0. The third kappa shape index (κ3) is 3.38. The zero-order valence-corrected chi connectivity index (χ0v) is 16.2. The fraction of sp³-hybridized carbons (Fsp3) is 0.125. The molecule has 4 rings (SSSR count). The largest absolute Gasteiger partial charge is 0.478 e. The maximum atomic E-state index is 12.9. The highest BCUT2D eigenvalue weighted by atomic mass is 16.5. The molecule has 0 aliphatic carbocycles. The van der Waals surface area contributed by atoms with Crippen molar-refractivity contribution < 1.29 is 19.4 Å². The van der Waals surface area contributed by atoms with Crippen molar-refractivity contribution in [2.24, 2.45) is 0 Å². The molecule has 0 bridgehead atoms. The number of rotatable bonds is 3. The zero-order chi connectivity index (χ0) is 21.3. The minimum atomic E-state index is -1.19. The topological polar surface area (TPSA) is 90.6 Å². The molecule has 0 amide bonds. The molecule has 3 aromatic carbocycles. The molecule has 30 heavy (non-hydrogen) atoms. The molecular weight excluding hydrogens is 380 g/mol. The van der Waals surface area contributed by atoms with Gasteiger partial charge in [0.25, 0.3) is 0 Å². The number of aryl methyl sites for hydroxylation is 1. The number of anilines is 2. The lowest BCUT2D eigenvalue weighted by atomic mass is 10.00. The number of fused-ring (bicyclic) bond motifs is 2. The number of carbonyl (C=O) groups excluding carboxylic acids is 1. The van der Waals surface area contributed by atoms with Gasteiger partial charge in [0.2, 0.25) is 0 Å². The smallest absolute Gasteiger partial charge is 0.339 e. The van der Waals surface area contributed by atoms with E-state index in [1.54, 1.807) is 12.1 Å². The Hall–Kier alpha value is -4.11. The predicted molar refractivity (Wildman–Crippen MR) is 111 cm³/mol. The second-order valence-electron chi connectivity index (χ2n) is 7.08. The molecule has 148 valence electrons. The molecule has 1 atom stereocenters. The second kappa shape index (κ2) is 7.72. The normalized spacial score (nSPS) is 14.7. The van der Waals surface area contributed by atoms with Gasteiger partial charge in [0.05, 0.1) is 22.5 Å². The Morgan fingerprint density at radius 2 is 1.73 bits per heavy atom. The fourth-order valence-electron chi connectivity index (χ4n) is 3.71. The van der Waals surface area contributed by atoms with E-state index in [9.17, 15) is 20.0 Å². The van der Waals surface area contributed by atoms with Gasteiger partial charge in [0.1, 0.15) is 6.10 Å². The summed E-state index contributed by atoms with van der Waals surface area (Å²) >= 11 is 0. The Bertz CT molecular complexity index is 1200. The van der Waals surface area contributed by atoms with Crippen molar-refractivity contribution in [1.82, 2.24) is 0 Å². The van der Waals surface area contributed by atoms with Gasteiger partial charge < -0.3 is 9.84 Å². The Kier molecular flexibility index (Phi) is 4.95. The quantitative estimate of drug-likeness (QED) is 0.505. The van der Waals surface area contributed by atoms with Crippen molar-refractivity contribution in [1.29, 1.82) is 5.26 Å². The third-order valence-corrected chi connectivity index (χ3v) is 5.14. The van der Waals surface area contributed by atoms with Gasteiger partial charge in [-0.25, -0.2) is 14.5 Å². The van der Waals surface area contributed by atoms with Crippen LogP contribution < -0.4 is 4.90 Å². The summed E-state index contributed by atoms with van der Waals surface area (Å²) < 4.78 is 5.82. The lowest BCUT2D eigenvalue weighted by molar-refractivity contribution is 0.0295. The standard InChI is InChI=1S/C24H18N2O4/c1-15-10-11-16-13-22(30-24(29)18-7-3-2-6-17(18)23(27)28)19-8-4-5-9-20(19)26(14-25)21(16)12-15/h2-12,22H,13H2,1H3,(H,27,28). The monoisotopic (exact) mass is 398 g/mol. The van der Waals surface area contributed by atoms with Crippen molar-refractivity contribution in [3.05, 3.63) is 94.5 Å². The number of carboxylic acids is 1. The van der Waals surface area contributed by atoms with Gasteiger partial charge in [0.15, 0.2) is 6.19 Å². The van der Waals surface area contributed by atoms with Crippen LogP contribution in [0.4, 0.5) is 11.4 Å². The van der Waals surface area contributed by atoms with Crippen LogP contribution in [0, 0.1) is 18.4 Å². The first-order chi connectivity index (χ1) is 14.5. The van der Waals surface area contributed by atoms with E-state index in [4.69, 9.17) is 4.74 Å². The zero-order valence-electron chi connectivity index (χ0n) is 16.2. The number of hydrogen-bond donors (Lipinski definition) is 1. The molecule has 0 spiro atoms. The summed E-state index contributed by atoms with van der Waals surface area (Å²) in [7, 11) is 0. The van der Waals surface area contributed by atoms with E-state index in [0.717, 1.165) is 16.8 Å². The van der Waals surface area contributed by atoms with E-state index in [-0.39, 0.29) is 11.1 Å². The van der Waals surface area contributed by atoms with Gasteiger partial charge in [0, 0.05) is 12.0 Å². The number of carbonyl (C=O) groups is 2. The highest BCUT2D eigenvalue weighted by Gasteiger charge is 2.30. The van der Waals surface area contributed by atoms with Gasteiger partial charge in [-0.2, -0.15) is 5.26 Å². The van der Waals surface area contributed by atoms with Gasteiger partial charge in [-0.3, -0.25) is 0 Å². The van der Waals surface area contributed by atoms with Gasteiger partial charge in [-0.1, -0.05) is 42.5 Å². The average molecular weight is 398 g/mol. The predicted octanol–water partition coefficient (Wildman–Crippen LogP) is 4.77. The van der Waals surface area contributed by atoms with Crippen LogP contribution in [0.15, 0.2) is 66.7 Å². The summed E-state index contributed by atoms with van der Waals surface area (Å²) in [6, 6.07) is 19.0. The van der Waals surface area contributed by atoms with Crippen molar-refractivity contribution in [2.75, 3.05) is 4.90 Å². The molecule has 3 aromatic rings. The van der Waals surface area contributed by atoms with Gasteiger partial charge in [-0.05, 0) is 42.3 Å². The molecule has 1 aliphatic heterocycles. The molecule has 1 unspecified atom stereocenters. The molecule has 6 nitrogen and oxygen atoms in total. The highest BCUT2D eigenvalue weighted by Crippen LogP contribution is 2.41. The molecular formula is C24H18N2O4. The summed E-state index contributed by atoms with van der Waals surface area (Å²) in [6.45, 7) is 1.95. The molecule has 0 aromatic heterocycles. The number of carboxylic acid groups (broad SMARTS) is 1. The van der Waals surface area contributed by atoms with E-state index in [2.05, 4.69) is 6.19 Å². The molecule has 6 heteroatoms. The van der Waals surface area contributed by atoms with Crippen molar-refractivity contribution in [3.8, 4) is 6.19 Å². The molecule has 0 saturated heterocycles. The number of benzene rings is 3. The van der Waals surface area contributed by atoms with Crippen LogP contribution in [0.1, 0.15) is 43.5 Å². The van der Waals surface area contributed by atoms with Gasteiger partial charge in [-0.15, -0.1) is 0 Å². The lowest BCUT2D eigenvalue weighted by Gasteiger charge is -2.20. The van der Waals surface area contributed by atoms with Crippen LogP contribution in [0.5, 0.6) is 0 Å². The average Bonchev–Trinajstić information content (AvgIpc) is 2.87. The maximum Gasteiger partial charge on any atom is 0.339 e. The maximum absolute atomic E-state index is 12.9. The number of nitrogens with zero attached hydrogens (tertiary/aromatic N) is 2. The van der Waals surface area contributed by atoms with E-state index >= 15 is 0 Å². The summed E-state index contributed by atoms with van der Waals surface area (Å²) in [5.41, 5.74) is 3.82. The molecule has 0 saturated carbocycles. The number of hydrogen-bond acceptors (Lipinski definition) is 5. The molecule has 0 radical (unpaired) electrons. The third-order valence-electron chi connectivity index (χ3n) is 5.14. The van der Waals surface area contributed by atoms with E-state index in [1.165, 1.54) is 17.0 Å². The Balaban J connectivity index is 1.79. The van der Waals surface area contributed by atoms with E-state index in [0.29, 0.717) is 17.7 Å². The lowest BCUT2D eigenvalue weighted by Crippen LogP contribution is -2.17. The van der Waals surface area contributed by atoms with Crippen LogP contribution in [0.25, 0.3) is 0 Å². The van der Waals surface area contributed by atoms with Crippen molar-refractivity contribution >= 4 is 23.3 Å². The highest BCUT2D eigenvalue weighted by molar-refractivity contribution is 6.02. The Morgan fingerprint density at radius 3 is 2.47 bits per heavy atom. The van der Waals surface area contributed by atoms with E-state index < -0.39 is 18.0 Å². The van der Waals surface area contributed by atoms with Crippen molar-refractivity contribution in [3.63, 3.8) is 0 Å². The number of aromatic carboxylic acids is 1. The van der Waals surface area contributed by atoms with Crippen LogP contribution in [-0.4, -0.2) is 17.0 Å². The first-order valence-corrected chi connectivity index (χ1v) is 9.41. The Labute approximate surface area is 173 Å². The number of esters is 1. The number of nitriles is 1. The summed E-state index contributed by atoms with van der Waals surface area (Å²) in [6.07, 6.45) is 1.92. The Morgan fingerprint density at radius 1 is 1.03 bits per heavy atom. The molecule has 1 heterocycles. The molecule has 0 fully saturated rings. The van der Waals surface area contributed by atoms with Gasteiger partial charge >= 0.3 is 11.9 Å². The molecule has 1 N–H and O–H groups in total. The first kappa shape index (κ1) is 19.2. The minimum Gasteiger partial charge on any atom is -0.478 e. The van der Waals surface area contributed by atoms with Crippen LogP contribution >= 0.6 is 0 Å². The van der Waals surface area contributed by atoms with Crippen LogP contribution in [0.3, 0.4) is 0 Å². The first-order valence-electron chi connectivity index (χ1n) is 9.41. The van der Waals surface area contributed by atoms with Crippen molar-refractivity contribution in [2.45, 2.75) is 19.4 Å². The van der Waals surface area contributed by atoms with Crippen LogP contribution in [-0.2, 0) is 11.2 Å². The molecule has 1 aliphatic rings. The van der Waals surface area contributed by atoms with E-state index in [1.807, 2.05) is 49.4 Å². The SMILES string of the molecule is Cc1ccc2c(c1)N(C#N)c1ccccc1C(OC(=O)c1ccccc1C(=O)O)C2. The fourth-order valence-corrected chi connectivity index (χ4v) is 3.71. The number of ether oxygens (including phenoxy) is 1. The number of para-hydroxylation sites is 1. The van der Waals surface area contributed by atoms with Crippen LogP contribution in [0.2, 0.25) is 0 Å². The minimum absolute atomic E-state index is 0.00648. The summed E-state index contributed by atoms with van der Waals surface area (Å²) in [5.74, 6) is -1.91. The summed E-state index contributed by atoms with van der Waals surface area (Å²) in [5, 5.41) is 19.2.